The summed E-state index contributed by atoms with van der Waals surface area (Å²) in [5.41, 5.74) is 1.19. The number of carbonyl (C=O) groups excluding carboxylic acids is 6. The van der Waals surface area contributed by atoms with Gasteiger partial charge < -0.3 is 39.4 Å². The van der Waals surface area contributed by atoms with E-state index >= 15 is 0 Å². The van der Waals surface area contributed by atoms with Crippen molar-refractivity contribution in [1.29, 1.82) is 0 Å². The summed E-state index contributed by atoms with van der Waals surface area (Å²) < 4.78 is 126. The van der Waals surface area contributed by atoms with Crippen molar-refractivity contribution in [2.24, 2.45) is 17.8 Å². The van der Waals surface area contributed by atoms with Crippen molar-refractivity contribution in [3.05, 3.63) is 119 Å². The van der Waals surface area contributed by atoms with Gasteiger partial charge in [-0.2, -0.15) is 39.5 Å². The second-order valence-corrected chi connectivity index (χ2v) is 24.3. The van der Waals surface area contributed by atoms with Gasteiger partial charge in [0.05, 0.1) is 59.5 Å². The number of fused-ring (bicyclic) bond motifs is 12. The van der Waals surface area contributed by atoms with Crippen LogP contribution in [0.25, 0.3) is 0 Å². The SMILES string of the molecule is C[C@@H](CC(=O)c1ccc2c(n1)N(C(=O)Nc1cc(=O)cc[nH]1)[C@H]1CCN2C1)C(F)(F)F.C[C@@H](CC(=O)c1ccc2c(n1)N(C(=O)Nc1cc(OCC(=O)O)ccn1)[C@H]1CCN2C1)C(F)(F)F.C[C@@H](CC(=O)c1ccc2c(n1)N(C(=O)Nc1cc(OCCO)ccn1)[C@H]1CCN2C1)C(F)(F)F. The second kappa shape index (κ2) is 29.8. The number of nitrogens with one attached hydrogen (secondary N) is 4. The summed E-state index contributed by atoms with van der Waals surface area (Å²) in [5, 5.41) is 25.6. The summed E-state index contributed by atoms with van der Waals surface area (Å²) >= 11 is 0. The number of pyridine rings is 6. The molecule has 6 bridgehead atoms. The van der Waals surface area contributed by atoms with Gasteiger partial charge in [0.15, 0.2) is 46.8 Å². The van der Waals surface area contributed by atoms with Crippen molar-refractivity contribution >= 4 is 93.4 Å². The molecule has 0 saturated carbocycles. The van der Waals surface area contributed by atoms with Crippen molar-refractivity contribution in [3.8, 4) is 11.5 Å². The molecule has 100 heavy (non-hydrogen) atoms. The number of carboxylic acids is 1. The molecule has 3 saturated heterocycles. The largest absolute Gasteiger partial charge is 0.491 e. The Hall–Kier alpha value is -10.7. The molecule has 0 unspecified atom stereocenters. The summed E-state index contributed by atoms with van der Waals surface area (Å²) in [6.45, 7) is 5.90. The number of hydrogen-bond acceptors (Lipinski definition) is 19. The number of ether oxygens (including phenoxy) is 2. The van der Waals surface area contributed by atoms with Crippen LogP contribution in [0.5, 0.6) is 11.5 Å². The van der Waals surface area contributed by atoms with Crippen LogP contribution in [0, 0.1) is 17.8 Å². The number of amides is 6. The normalized spacial score (nSPS) is 17.9. The Balaban J connectivity index is 0.000000162. The summed E-state index contributed by atoms with van der Waals surface area (Å²) in [7, 11) is 0. The molecular formula is C64H66F9N15O12. The number of urea groups is 3. The number of aromatic amines is 1. The number of Topliss-reactive ketones (excluding diaryl/α,β-unsaturated/α-hetero) is 3. The molecule has 6 atom stereocenters. The molecule has 6 aliphatic heterocycles. The summed E-state index contributed by atoms with van der Waals surface area (Å²) in [5.74, 6) is -7.09. The highest BCUT2D eigenvalue weighted by atomic mass is 19.4. The minimum absolute atomic E-state index is 0.0858. The molecule has 6 N–H and O–H groups in total. The van der Waals surface area contributed by atoms with Crippen LogP contribution in [0.1, 0.15) is 90.8 Å². The molecular weight excluding hydrogens is 1340 g/mol. The number of aliphatic carboxylic acids is 1. The van der Waals surface area contributed by atoms with Crippen molar-refractivity contribution in [2.45, 2.75) is 96.0 Å². The molecule has 3 fully saturated rings. The number of H-pyrrole nitrogens is 1. The first-order valence-electron chi connectivity index (χ1n) is 31.4. The zero-order chi connectivity index (χ0) is 72.1. The number of halogens is 9. The maximum atomic E-state index is 13.2. The molecule has 36 heteroatoms. The maximum absolute atomic E-state index is 13.2. The quantitative estimate of drug-likeness (QED) is 0.0344. The summed E-state index contributed by atoms with van der Waals surface area (Å²) in [6.07, 6.45) is -9.50. The van der Waals surface area contributed by atoms with Gasteiger partial charge in [0.25, 0.3) is 0 Å². The molecule has 0 aliphatic carbocycles. The van der Waals surface area contributed by atoms with Crippen LogP contribution in [-0.2, 0) is 4.79 Å². The first-order chi connectivity index (χ1) is 47.3. The Morgan fingerprint density at radius 2 is 0.910 bits per heavy atom. The Kier molecular flexibility index (Phi) is 21.5. The Labute approximate surface area is 562 Å². The number of carboxylic acid groups (broad SMARTS) is 1. The average Bonchev–Trinajstić information content (AvgIpc) is 1.54. The number of hydrogen-bond donors (Lipinski definition) is 6. The summed E-state index contributed by atoms with van der Waals surface area (Å²) in [6, 6.07) is 15.1. The highest BCUT2D eigenvalue weighted by Crippen LogP contribution is 2.43. The Morgan fingerprint density at radius 1 is 0.540 bits per heavy atom. The summed E-state index contributed by atoms with van der Waals surface area (Å²) in [4.78, 5) is 133. The lowest BCUT2D eigenvalue weighted by atomic mass is 10.0. The van der Waals surface area contributed by atoms with E-state index in [-0.39, 0.29) is 94.5 Å². The zero-order valence-corrected chi connectivity index (χ0v) is 53.5. The Morgan fingerprint density at radius 3 is 1.26 bits per heavy atom. The first kappa shape index (κ1) is 72.1. The molecule has 12 heterocycles. The van der Waals surface area contributed by atoms with E-state index in [1.165, 1.54) is 81.8 Å². The van der Waals surface area contributed by atoms with Crippen molar-refractivity contribution < 1.29 is 92.8 Å². The molecule has 532 valence electrons. The third kappa shape index (κ3) is 16.9. The lowest BCUT2D eigenvalue weighted by Gasteiger charge is -2.35. The van der Waals surface area contributed by atoms with Gasteiger partial charge in [-0.25, -0.2) is 44.1 Å². The van der Waals surface area contributed by atoms with Gasteiger partial charge in [-0.3, -0.25) is 49.8 Å². The maximum Gasteiger partial charge on any atom is 0.391 e. The van der Waals surface area contributed by atoms with E-state index in [0.717, 1.165) is 20.8 Å². The van der Waals surface area contributed by atoms with Crippen LogP contribution >= 0.6 is 0 Å². The van der Waals surface area contributed by atoms with E-state index < -0.39 is 104 Å². The standard InChI is InChI=1S/C22H22F3N5O5.C22H24F3N5O4.C20H20F3N5O3/c1-12(22(23,24)25)8-17(31)15-2-3-16-20(27-15)30(13-5-7-29(16)10-13)21(34)28-18-9-14(4-6-26-18)35-11-19(32)33;1-13(22(23,24)25)10-18(32)16-2-3-17-20(27-16)30(14-5-7-29(17)12-14)21(33)28-19-11-15(4-6-26-19)34-9-8-31;1-11(20(21,22)23)8-16(30)14-2-3-15-18(25-14)28(12-5-7-27(15)10-12)19(31)26-17-9-13(29)4-6-24-17/h2-4,6,9,12-13H,5,7-8,10-11H2,1H3,(H,32,33)(H,26,28,34);2-4,6,11,13-14,31H,5,7-10,12H2,1H3,(H,26,28,33);2-4,6,9,11-12H,5,7-8,10H2,1H3,(H2,24,26,29,31)/t12-,13-;13-,14-;11-,12-/m000/s1. The van der Waals surface area contributed by atoms with Crippen LogP contribution in [0.15, 0.2) is 96.2 Å². The van der Waals surface area contributed by atoms with E-state index in [1.54, 1.807) is 24.3 Å². The van der Waals surface area contributed by atoms with E-state index in [0.29, 0.717) is 81.3 Å². The van der Waals surface area contributed by atoms with Crippen molar-refractivity contribution in [1.82, 2.24) is 29.9 Å². The fourth-order valence-corrected chi connectivity index (χ4v) is 11.9. The molecule has 0 radical (unpaired) electrons. The van der Waals surface area contributed by atoms with Crippen LogP contribution in [-0.4, -0.2) is 177 Å². The molecule has 6 aromatic heterocycles. The number of rotatable bonds is 18. The smallest absolute Gasteiger partial charge is 0.391 e. The van der Waals surface area contributed by atoms with Crippen LogP contribution in [0.2, 0.25) is 0 Å². The Bertz CT molecular complexity index is 4150. The highest BCUT2D eigenvalue weighted by Gasteiger charge is 2.46. The fourth-order valence-electron chi connectivity index (χ4n) is 11.9. The average molecular weight is 1410 g/mol. The third-order valence-corrected chi connectivity index (χ3v) is 17.2. The third-order valence-electron chi connectivity index (χ3n) is 17.2. The number of alkyl halides is 9. The van der Waals surface area contributed by atoms with E-state index in [1.807, 2.05) is 14.7 Å². The molecule has 6 aromatic rings. The van der Waals surface area contributed by atoms with Gasteiger partial charge in [-0.05, 0) is 67.8 Å². The number of anilines is 9. The molecule has 6 aliphatic rings. The molecule has 0 aromatic carbocycles. The number of nitrogens with zero attached hydrogens (tertiary/aromatic N) is 11. The lowest BCUT2D eigenvalue weighted by molar-refractivity contribution is -0.169. The van der Waals surface area contributed by atoms with Crippen LogP contribution in [0.4, 0.5) is 106 Å². The number of ketones is 3. The molecule has 12 rings (SSSR count). The van der Waals surface area contributed by atoms with Crippen molar-refractivity contribution in [3.63, 3.8) is 0 Å². The van der Waals surface area contributed by atoms with Gasteiger partial charge in [0.1, 0.15) is 52.6 Å². The predicted molar refractivity (Wildman–Crippen MR) is 343 cm³/mol. The molecule has 0 spiro atoms. The second-order valence-electron chi connectivity index (χ2n) is 24.3. The van der Waals surface area contributed by atoms with Crippen LogP contribution < -0.4 is 60.3 Å². The zero-order valence-electron chi connectivity index (χ0n) is 53.5. The van der Waals surface area contributed by atoms with E-state index in [4.69, 9.17) is 19.7 Å². The van der Waals surface area contributed by atoms with Gasteiger partial charge in [0.2, 0.25) is 0 Å². The molecule has 6 amide bonds. The minimum Gasteiger partial charge on any atom is -0.491 e. The van der Waals surface area contributed by atoms with E-state index in [9.17, 15) is 77.9 Å². The van der Waals surface area contributed by atoms with Crippen LogP contribution in [0.3, 0.4) is 0 Å². The predicted octanol–water partition coefficient (Wildman–Crippen LogP) is 9.76. The number of carbonyl (C=O) groups is 7. The van der Waals surface area contributed by atoms with Gasteiger partial charge >= 0.3 is 42.6 Å². The number of aromatic nitrogens is 6. The minimum atomic E-state index is -4.50. The first-order valence-corrected chi connectivity index (χ1v) is 31.4. The van der Waals surface area contributed by atoms with Gasteiger partial charge in [0, 0.05) is 101 Å². The lowest BCUT2D eigenvalue weighted by Crippen LogP contribution is -2.48. The van der Waals surface area contributed by atoms with Gasteiger partial charge in [-0.1, -0.05) is 20.8 Å². The number of aliphatic hydroxyl groups is 1. The monoisotopic (exact) mass is 1410 g/mol. The topological polar surface area (TPSA) is 331 Å². The van der Waals surface area contributed by atoms with Gasteiger partial charge in [-0.15, -0.1) is 0 Å². The van der Waals surface area contributed by atoms with Crippen molar-refractivity contribution in [2.75, 3.05) is 104 Å². The highest BCUT2D eigenvalue weighted by molar-refractivity contribution is 6.07. The van der Waals surface area contributed by atoms with E-state index in [2.05, 4.69) is 45.9 Å². The fraction of sp³-hybridized carbons (Fsp3) is 0.422. The number of aliphatic hydroxyl groups excluding tert-OH is 1. The molecule has 27 nitrogen and oxygen atoms in total.